The van der Waals surface area contributed by atoms with Gasteiger partial charge in [0.25, 0.3) is 0 Å². The van der Waals surface area contributed by atoms with E-state index < -0.39 is 0 Å². The Bertz CT molecular complexity index is 1010. The van der Waals surface area contributed by atoms with Crippen molar-refractivity contribution >= 4 is 16.9 Å². The Labute approximate surface area is 152 Å². The molecule has 1 aromatic carbocycles. The van der Waals surface area contributed by atoms with Crippen LogP contribution in [0, 0.1) is 0 Å². The third-order valence-corrected chi connectivity index (χ3v) is 5.89. The van der Waals surface area contributed by atoms with E-state index >= 15 is 0 Å². The van der Waals surface area contributed by atoms with Gasteiger partial charge in [0.05, 0.1) is 18.7 Å². The molecule has 3 aromatic rings. The number of rotatable bonds is 1. The van der Waals surface area contributed by atoms with Crippen molar-refractivity contribution in [1.82, 2.24) is 14.9 Å². The number of fused-ring (bicyclic) bond motifs is 6. The van der Waals surface area contributed by atoms with E-state index in [9.17, 15) is 4.79 Å². The minimum atomic E-state index is -0.296. The molecule has 1 atom stereocenters. The molecule has 1 unspecified atom stereocenters. The van der Waals surface area contributed by atoms with Crippen LogP contribution in [-0.4, -0.2) is 41.0 Å². The van der Waals surface area contributed by atoms with Gasteiger partial charge in [-0.05, 0) is 42.0 Å². The van der Waals surface area contributed by atoms with Crippen molar-refractivity contribution in [2.75, 3.05) is 20.2 Å². The number of hydrogen-bond acceptors (Lipinski definition) is 4. The maximum atomic E-state index is 12.3. The Balaban J connectivity index is 1.64. The number of benzene rings is 1. The number of esters is 1. The molecule has 0 amide bonds. The average molecular weight is 347 g/mol. The van der Waals surface area contributed by atoms with Crippen LogP contribution in [0.3, 0.4) is 0 Å². The summed E-state index contributed by atoms with van der Waals surface area (Å²) < 4.78 is 5.00. The lowest BCUT2D eigenvalue weighted by Gasteiger charge is -2.34. The predicted molar refractivity (Wildman–Crippen MR) is 99.3 cm³/mol. The first-order valence-electron chi connectivity index (χ1n) is 9.14. The molecule has 0 saturated carbocycles. The molecule has 1 N–H and O–H groups in total. The van der Waals surface area contributed by atoms with E-state index in [0.29, 0.717) is 5.56 Å². The molecule has 0 bridgehead atoms. The lowest BCUT2D eigenvalue weighted by Crippen LogP contribution is -2.36. The van der Waals surface area contributed by atoms with Gasteiger partial charge >= 0.3 is 5.97 Å². The van der Waals surface area contributed by atoms with Gasteiger partial charge in [-0.1, -0.05) is 18.2 Å². The highest BCUT2D eigenvalue weighted by atomic mass is 16.5. The summed E-state index contributed by atoms with van der Waals surface area (Å²) in [6.45, 7) is 2.03. The number of methoxy groups -OCH3 is 1. The van der Waals surface area contributed by atoms with Gasteiger partial charge in [-0.3, -0.25) is 9.88 Å². The summed E-state index contributed by atoms with van der Waals surface area (Å²) >= 11 is 0. The molecule has 2 aromatic heterocycles. The van der Waals surface area contributed by atoms with Crippen LogP contribution in [-0.2, 0) is 24.0 Å². The first-order chi connectivity index (χ1) is 12.8. The van der Waals surface area contributed by atoms with Gasteiger partial charge in [0, 0.05) is 42.1 Å². The molecule has 0 spiro atoms. The molecule has 132 valence electrons. The number of nitrogens with zero attached hydrogens (tertiary/aromatic N) is 2. The van der Waals surface area contributed by atoms with Gasteiger partial charge in [0.2, 0.25) is 0 Å². The minimum absolute atomic E-state index is 0.262. The maximum Gasteiger partial charge on any atom is 0.339 e. The Morgan fingerprint density at radius 2 is 2.04 bits per heavy atom. The first-order valence-corrected chi connectivity index (χ1v) is 9.14. The molecule has 4 heterocycles. The summed E-state index contributed by atoms with van der Waals surface area (Å²) in [5, 5.41) is 1.33. The fourth-order valence-corrected chi connectivity index (χ4v) is 4.60. The number of carbonyl (C=O) groups excluding carboxylic acids is 1. The number of nitrogens with one attached hydrogen (secondary N) is 1. The lowest BCUT2D eigenvalue weighted by molar-refractivity contribution is 0.0598. The number of aromatic amines is 1. The molecule has 0 saturated heterocycles. The highest BCUT2D eigenvalue weighted by Crippen LogP contribution is 2.39. The summed E-state index contributed by atoms with van der Waals surface area (Å²) in [7, 11) is 1.43. The Kier molecular flexibility index (Phi) is 3.57. The number of pyridine rings is 1. The largest absolute Gasteiger partial charge is 0.465 e. The second-order valence-corrected chi connectivity index (χ2v) is 7.14. The van der Waals surface area contributed by atoms with Crippen LogP contribution in [0.5, 0.6) is 0 Å². The van der Waals surface area contributed by atoms with Crippen molar-refractivity contribution in [1.29, 1.82) is 0 Å². The van der Waals surface area contributed by atoms with Crippen molar-refractivity contribution in [3.63, 3.8) is 0 Å². The zero-order valence-corrected chi connectivity index (χ0v) is 14.8. The zero-order chi connectivity index (χ0) is 17.7. The van der Waals surface area contributed by atoms with E-state index in [-0.39, 0.29) is 12.0 Å². The van der Waals surface area contributed by atoms with Crippen molar-refractivity contribution in [2.24, 2.45) is 0 Å². The summed E-state index contributed by atoms with van der Waals surface area (Å²) in [5.74, 6) is -0.296. The van der Waals surface area contributed by atoms with E-state index in [2.05, 4.69) is 39.1 Å². The second kappa shape index (κ2) is 5.95. The van der Waals surface area contributed by atoms with Crippen LogP contribution in [0.1, 0.15) is 38.8 Å². The first kappa shape index (κ1) is 15.6. The van der Waals surface area contributed by atoms with Gasteiger partial charge < -0.3 is 9.72 Å². The van der Waals surface area contributed by atoms with Crippen LogP contribution < -0.4 is 0 Å². The Morgan fingerprint density at radius 3 is 2.92 bits per heavy atom. The minimum Gasteiger partial charge on any atom is -0.465 e. The van der Waals surface area contributed by atoms with Gasteiger partial charge in [-0.25, -0.2) is 4.79 Å². The molecule has 5 heteroatoms. The summed E-state index contributed by atoms with van der Waals surface area (Å²) in [5.41, 5.74) is 6.80. The standard InChI is InChI=1S/C21H21N3O2/c1-26-21(25)17-12-22-11-13-6-8-24-9-7-15-14-4-2-3-5-18(14)23-20(15)19(24)10-16(13)17/h2-5,11-12,19,23H,6-10H2,1H3. The fourth-order valence-electron chi connectivity index (χ4n) is 4.60. The molecule has 26 heavy (non-hydrogen) atoms. The van der Waals surface area contributed by atoms with E-state index in [0.717, 1.165) is 37.9 Å². The van der Waals surface area contributed by atoms with Crippen molar-refractivity contribution < 1.29 is 9.53 Å². The van der Waals surface area contributed by atoms with Gasteiger partial charge in [-0.15, -0.1) is 0 Å². The number of para-hydroxylation sites is 1. The fraction of sp³-hybridized carbons (Fsp3) is 0.333. The van der Waals surface area contributed by atoms with E-state index in [1.165, 1.54) is 34.8 Å². The zero-order valence-electron chi connectivity index (χ0n) is 14.8. The number of ether oxygens (including phenoxy) is 1. The summed E-state index contributed by atoms with van der Waals surface area (Å²) in [4.78, 5) is 22.7. The van der Waals surface area contributed by atoms with E-state index in [1.54, 1.807) is 6.20 Å². The van der Waals surface area contributed by atoms with Crippen molar-refractivity contribution in [2.45, 2.75) is 25.3 Å². The Hall–Kier alpha value is -2.66. The number of aromatic nitrogens is 2. The second-order valence-electron chi connectivity index (χ2n) is 7.14. The predicted octanol–water partition coefficient (Wildman–Crippen LogP) is 3.05. The molecule has 5 nitrogen and oxygen atoms in total. The lowest BCUT2D eigenvalue weighted by atomic mass is 9.91. The van der Waals surface area contributed by atoms with Crippen LogP contribution in [0.25, 0.3) is 10.9 Å². The maximum absolute atomic E-state index is 12.3. The number of carbonyl (C=O) groups is 1. The average Bonchev–Trinajstić information content (AvgIpc) is 2.95. The molecule has 2 aliphatic heterocycles. The molecule has 5 rings (SSSR count). The van der Waals surface area contributed by atoms with Crippen LogP contribution >= 0.6 is 0 Å². The highest BCUT2D eigenvalue weighted by Gasteiger charge is 2.34. The van der Waals surface area contributed by atoms with Gasteiger partial charge in [0.1, 0.15) is 0 Å². The van der Waals surface area contributed by atoms with Crippen molar-refractivity contribution in [3.8, 4) is 0 Å². The topological polar surface area (TPSA) is 58.2 Å². The van der Waals surface area contributed by atoms with Gasteiger partial charge in [0.15, 0.2) is 0 Å². The third-order valence-electron chi connectivity index (χ3n) is 5.89. The number of H-pyrrole nitrogens is 1. The van der Waals surface area contributed by atoms with Crippen LogP contribution in [0.2, 0.25) is 0 Å². The molecule has 2 aliphatic rings. The summed E-state index contributed by atoms with van der Waals surface area (Å²) in [6, 6.07) is 8.79. The molecule has 0 radical (unpaired) electrons. The van der Waals surface area contributed by atoms with E-state index in [1.807, 2.05) is 6.20 Å². The molecule has 0 aliphatic carbocycles. The van der Waals surface area contributed by atoms with Crippen LogP contribution in [0.15, 0.2) is 36.7 Å². The van der Waals surface area contributed by atoms with Crippen molar-refractivity contribution in [3.05, 3.63) is 64.6 Å². The highest BCUT2D eigenvalue weighted by molar-refractivity contribution is 5.91. The number of hydrogen-bond donors (Lipinski definition) is 1. The van der Waals surface area contributed by atoms with E-state index in [4.69, 9.17) is 4.74 Å². The third kappa shape index (κ3) is 2.27. The summed E-state index contributed by atoms with van der Waals surface area (Å²) in [6.07, 6.45) is 6.34. The smallest absolute Gasteiger partial charge is 0.339 e. The normalized spacial score (nSPS) is 19.3. The molecular weight excluding hydrogens is 326 g/mol. The monoisotopic (exact) mass is 347 g/mol. The quantitative estimate of drug-likeness (QED) is 0.688. The SMILES string of the molecule is COC(=O)c1cncc2c1CC1c3[nH]c4ccccc4c3CCN1CC2. The van der Waals surface area contributed by atoms with Crippen LogP contribution in [0.4, 0.5) is 0 Å². The molecule has 0 fully saturated rings. The molecular formula is C21H21N3O2. The van der Waals surface area contributed by atoms with Gasteiger partial charge in [-0.2, -0.15) is 0 Å². The Morgan fingerprint density at radius 1 is 1.19 bits per heavy atom.